The smallest absolute Gasteiger partial charge is 0.243 e. The van der Waals surface area contributed by atoms with E-state index in [1.54, 1.807) is 4.90 Å². The number of rotatable bonds is 9. The Balaban J connectivity index is 1.99. The molecule has 178 valence electrons. The van der Waals surface area contributed by atoms with Crippen LogP contribution in [0.5, 0.6) is 0 Å². The highest BCUT2D eigenvalue weighted by Gasteiger charge is 2.30. The van der Waals surface area contributed by atoms with Crippen LogP contribution in [0, 0.1) is 20.8 Å². The van der Waals surface area contributed by atoms with Crippen LogP contribution in [-0.4, -0.2) is 28.8 Å². The molecule has 1 unspecified atom stereocenters. The van der Waals surface area contributed by atoms with Crippen molar-refractivity contribution in [1.82, 2.24) is 10.2 Å². The zero-order valence-corrected chi connectivity index (χ0v) is 21.0. The van der Waals surface area contributed by atoms with Gasteiger partial charge < -0.3 is 10.2 Å². The minimum absolute atomic E-state index is 0.0129. The van der Waals surface area contributed by atoms with Crippen molar-refractivity contribution in [2.75, 3.05) is 0 Å². The maximum Gasteiger partial charge on any atom is 0.243 e. The molecule has 1 N–H and O–H groups in total. The molecule has 0 aliphatic rings. The van der Waals surface area contributed by atoms with Crippen molar-refractivity contribution in [1.29, 1.82) is 0 Å². The standard InChI is InChI=1S/C30H36N2O2/c1-21(2)31-30(34)28(18-25-11-7-6-8-12-25)32(20-26-13-9-10-22(3)15-26)29(33)19-27-16-23(4)14-24(5)17-27/h6-17,21,28H,18-20H2,1-5H3,(H,31,34). The molecule has 2 amide bonds. The molecule has 0 fully saturated rings. The van der Waals surface area contributed by atoms with E-state index in [9.17, 15) is 9.59 Å². The predicted octanol–water partition coefficient (Wildman–Crippen LogP) is 5.32. The molecule has 4 heteroatoms. The number of hydrogen-bond acceptors (Lipinski definition) is 2. The van der Waals surface area contributed by atoms with Gasteiger partial charge in [-0.2, -0.15) is 0 Å². The summed E-state index contributed by atoms with van der Waals surface area (Å²) < 4.78 is 0. The molecule has 0 spiro atoms. The Morgan fingerprint density at radius 2 is 1.38 bits per heavy atom. The zero-order chi connectivity index (χ0) is 24.7. The van der Waals surface area contributed by atoms with Crippen molar-refractivity contribution in [3.8, 4) is 0 Å². The minimum Gasteiger partial charge on any atom is -0.352 e. The van der Waals surface area contributed by atoms with Gasteiger partial charge in [0, 0.05) is 19.0 Å². The first kappa shape index (κ1) is 25.2. The second-order valence-corrected chi connectivity index (χ2v) is 9.55. The van der Waals surface area contributed by atoms with E-state index in [0.717, 1.165) is 33.4 Å². The third-order valence-electron chi connectivity index (χ3n) is 5.77. The van der Waals surface area contributed by atoms with Crippen molar-refractivity contribution < 1.29 is 9.59 Å². The Bertz CT molecular complexity index is 1100. The van der Waals surface area contributed by atoms with Gasteiger partial charge in [-0.1, -0.05) is 89.5 Å². The van der Waals surface area contributed by atoms with Gasteiger partial charge in [-0.25, -0.2) is 0 Å². The highest BCUT2D eigenvalue weighted by Crippen LogP contribution is 2.18. The SMILES string of the molecule is Cc1cc(C)cc(CC(=O)N(Cc2cccc(C)c2)C(Cc2ccccc2)C(=O)NC(C)C)c1. The summed E-state index contributed by atoms with van der Waals surface area (Å²) in [7, 11) is 0. The Morgan fingerprint density at radius 3 is 2.00 bits per heavy atom. The van der Waals surface area contributed by atoms with Gasteiger partial charge in [-0.15, -0.1) is 0 Å². The number of carbonyl (C=O) groups excluding carboxylic acids is 2. The Hall–Kier alpha value is -3.40. The summed E-state index contributed by atoms with van der Waals surface area (Å²) in [6.07, 6.45) is 0.721. The first-order chi connectivity index (χ1) is 16.2. The van der Waals surface area contributed by atoms with Crippen LogP contribution in [0.15, 0.2) is 72.8 Å². The Kier molecular flexibility index (Phi) is 8.64. The molecular formula is C30H36N2O2. The maximum atomic E-state index is 13.8. The quantitative estimate of drug-likeness (QED) is 0.474. The second-order valence-electron chi connectivity index (χ2n) is 9.55. The number of aryl methyl sites for hydroxylation is 3. The van der Waals surface area contributed by atoms with Crippen LogP contribution in [0.3, 0.4) is 0 Å². The summed E-state index contributed by atoms with van der Waals surface area (Å²) in [5, 5.41) is 3.04. The third-order valence-corrected chi connectivity index (χ3v) is 5.77. The highest BCUT2D eigenvalue weighted by atomic mass is 16.2. The molecule has 4 nitrogen and oxygen atoms in total. The van der Waals surface area contributed by atoms with Gasteiger partial charge in [0.2, 0.25) is 11.8 Å². The van der Waals surface area contributed by atoms with Crippen molar-refractivity contribution in [3.05, 3.63) is 106 Å². The predicted molar refractivity (Wildman–Crippen MR) is 139 cm³/mol. The highest BCUT2D eigenvalue weighted by molar-refractivity contribution is 5.89. The number of amides is 2. The van der Waals surface area contributed by atoms with Gasteiger partial charge in [0.15, 0.2) is 0 Å². The fraction of sp³-hybridized carbons (Fsp3) is 0.333. The van der Waals surface area contributed by atoms with E-state index < -0.39 is 6.04 Å². The summed E-state index contributed by atoms with van der Waals surface area (Å²) >= 11 is 0. The molecule has 34 heavy (non-hydrogen) atoms. The van der Waals surface area contributed by atoms with E-state index in [1.165, 1.54) is 0 Å². The van der Waals surface area contributed by atoms with Gasteiger partial charge in [-0.3, -0.25) is 9.59 Å². The van der Waals surface area contributed by atoms with E-state index in [1.807, 2.05) is 83.1 Å². The molecule has 0 radical (unpaired) electrons. The van der Waals surface area contributed by atoms with Crippen LogP contribution in [0.2, 0.25) is 0 Å². The molecule has 3 rings (SSSR count). The van der Waals surface area contributed by atoms with E-state index in [0.29, 0.717) is 13.0 Å². The lowest BCUT2D eigenvalue weighted by atomic mass is 10.00. The van der Waals surface area contributed by atoms with Crippen LogP contribution < -0.4 is 5.32 Å². The summed E-state index contributed by atoms with van der Waals surface area (Å²) in [6.45, 7) is 10.4. The molecule has 0 saturated carbocycles. The normalized spacial score (nSPS) is 11.8. The van der Waals surface area contributed by atoms with Crippen molar-refractivity contribution in [2.24, 2.45) is 0 Å². The summed E-state index contributed by atoms with van der Waals surface area (Å²) in [5.74, 6) is -0.174. The lowest BCUT2D eigenvalue weighted by Crippen LogP contribution is -2.52. The largest absolute Gasteiger partial charge is 0.352 e. The summed E-state index contributed by atoms with van der Waals surface area (Å²) in [5.41, 5.74) is 6.41. The van der Waals surface area contributed by atoms with E-state index in [-0.39, 0.29) is 24.3 Å². The van der Waals surface area contributed by atoms with Crippen LogP contribution in [0.25, 0.3) is 0 Å². The topological polar surface area (TPSA) is 49.4 Å². The molecule has 0 aliphatic carbocycles. The number of nitrogens with zero attached hydrogens (tertiary/aromatic N) is 1. The van der Waals surface area contributed by atoms with Crippen LogP contribution >= 0.6 is 0 Å². The molecule has 0 aliphatic heterocycles. The fourth-order valence-electron chi connectivity index (χ4n) is 4.39. The number of hydrogen-bond donors (Lipinski definition) is 1. The van der Waals surface area contributed by atoms with Gasteiger partial charge in [0.25, 0.3) is 0 Å². The first-order valence-corrected chi connectivity index (χ1v) is 12.0. The van der Waals surface area contributed by atoms with Crippen LogP contribution in [0.1, 0.15) is 47.2 Å². The monoisotopic (exact) mass is 456 g/mol. The average Bonchev–Trinajstić information content (AvgIpc) is 2.75. The molecule has 1 atom stereocenters. The summed E-state index contributed by atoms with van der Waals surface area (Å²) in [6, 6.07) is 23.6. The summed E-state index contributed by atoms with van der Waals surface area (Å²) in [4.78, 5) is 29.0. The van der Waals surface area contributed by atoms with Crippen molar-refractivity contribution in [3.63, 3.8) is 0 Å². The van der Waals surface area contributed by atoms with E-state index in [2.05, 4.69) is 29.6 Å². The Morgan fingerprint density at radius 1 is 0.765 bits per heavy atom. The molecule has 3 aromatic carbocycles. The first-order valence-electron chi connectivity index (χ1n) is 12.0. The lowest BCUT2D eigenvalue weighted by Gasteiger charge is -2.32. The van der Waals surface area contributed by atoms with Gasteiger partial charge >= 0.3 is 0 Å². The molecule has 0 saturated heterocycles. The van der Waals surface area contributed by atoms with E-state index in [4.69, 9.17) is 0 Å². The lowest BCUT2D eigenvalue weighted by molar-refractivity contribution is -0.141. The number of nitrogens with one attached hydrogen (secondary N) is 1. The average molecular weight is 457 g/mol. The van der Waals surface area contributed by atoms with Gasteiger partial charge in [-0.05, 0) is 51.3 Å². The minimum atomic E-state index is -0.608. The van der Waals surface area contributed by atoms with E-state index >= 15 is 0 Å². The maximum absolute atomic E-state index is 13.8. The van der Waals surface area contributed by atoms with Crippen LogP contribution in [-0.2, 0) is 29.0 Å². The van der Waals surface area contributed by atoms with Crippen LogP contribution in [0.4, 0.5) is 0 Å². The zero-order valence-electron chi connectivity index (χ0n) is 21.0. The second kappa shape index (κ2) is 11.6. The third kappa shape index (κ3) is 7.31. The molecule has 0 heterocycles. The molecular weight excluding hydrogens is 420 g/mol. The Labute approximate surface area is 204 Å². The molecule has 3 aromatic rings. The van der Waals surface area contributed by atoms with Gasteiger partial charge in [0.1, 0.15) is 6.04 Å². The molecule has 0 aromatic heterocycles. The van der Waals surface area contributed by atoms with Gasteiger partial charge in [0.05, 0.1) is 6.42 Å². The van der Waals surface area contributed by atoms with Crippen molar-refractivity contribution in [2.45, 2.75) is 66.1 Å². The molecule has 0 bridgehead atoms. The number of carbonyl (C=O) groups is 2. The van der Waals surface area contributed by atoms with Crippen molar-refractivity contribution >= 4 is 11.8 Å². The number of benzene rings is 3. The fourth-order valence-corrected chi connectivity index (χ4v) is 4.39.